The van der Waals surface area contributed by atoms with Crippen molar-refractivity contribution in [3.05, 3.63) is 107 Å². The van der Waals surface area contributed by atoms with Gasteiger partial charge in [0.05, 0.1) is 34.0 Å². The second kappa shape index (κ2) is 9.79. The number of nitriles is 1. The highest BCUT2D eigenvalue weighted by Gasteiger charge is 2.20. The monoisotopic (exact) mass is 480 g/mol. The minimum absolute atomic E-state index is 0.0393. The zero-order chi connectivity index (χ0) is 24.2. The van der Waals surface area contributed by atoms with Crippen LogP contribution in [0.5, 0.6) is 0 Å². The van der Waals surface area contributed by atoms with Gasteiger partial charge >= 0.3 is 0 Å². The average Bonchev–Trinajstić information content (AvgIpc) is 3.43. The van der Waals surface area contributed by atoms with Crippen molar-refractivity contribution in [1.29, 1.82) is 5.26 Å². The summed E-state index contributed by atoms with van der Waals surface area (Å²) in [4.78, 5) is 8.70. The van der Waals surface area contributed by atoms with E-state index in [0.29, 0.717) is 27.5 Å². The van der Waals surface area contributed by atoms with Gasteiger partial charge < -0.3 is 10.6 Å². The number of aromatic amines is 1. The molecule has 3 N–H and O–H groups in total. The quantitative estimate of drug-likeness (QED) is 0.275. The Kier molecular flexibility index (Phi) is 6.24. The molecule has 9 heteroatoms. The fourth-order valence-corrected chi connectivity index (χ4v) is 4.28. The number of nitrogens with one attached hydrogen (secondary N) is 3. The molecule has 0 saturated carbocycles. The number of benzene rings is 2. The van der Waals surface area contributed by atoms with Crippen LogP contribution >= 0.6 is 11.6 Å². The van der Waals surface area contributed by atoms with Gasteiger partial charge in [-0.3, -0.25) is 9.97 Å². The number of pyridine rings is 2. The van der Waals surface area contributed by atoms with Crippen molar-refractivity contribution in [3.8, 4) is 6.07 Å². The molecule has 5 rings (SSSR count). The van der Waals surface area contributed by atoms with E-state index in [-0.39, 0.29) is 12.1 Å². The molecule has 0 aliphatic rings. The summed E-state index contributed by atoms with van der Waals surface area (Å²) in [5.74, 6) is 0. The minimum atomic E-state index is -0.317. The van der Waals surface area contributed by atoms with Crippen molar-refractivity contribution in [3.63, 3.8) is 0 Å². The van der Waals surface area contributed by atoms with E-state index < -0.39 is 0 Å². The number of fused-ring (bicyclic) bond motifs is 1. The zero-order valence-electron chi connectivity index (χ0n) is 18.8. The van der Waals surface area contributed by atoms with Gasteiger partial charge in [0.1, 0.15) is 11.8 Å². The first kappa shape index (κ1) is 22.3. The first-order valence-electron chi connectivity index (χ1n) is 11.0. The van der Waals surface area contributed by atoms with Crippen LogP contribution < -0.4 is 10.6 Å². The molecule has 35 heavy (non-hydrogen) atoms. The molecular formula is C26H21ClN8. The molecule has 2 atom stereocenters. The number of nitrogens with zero attached hydrogens (tertiary/aromatic N) is 5. The van der Waals surface area contributed by atoms with E-state index in [1.807, 2.05) is 54.6 Å². The van der Waals surface area contributed by atoms with Crippen LogP contribution in [-0.4, -0.2) is 25.4 Å². The molecule has 172 valence electrons. The topological polar surface area (TPSA) is 115 Å². The van der Waals surface area contributed by atoms with Gasteiger partial charge in [-0.25, -0.2) is 0 Å². The van der Waals surface area contributed by atoms with E-state index in [1.54, 1.807) is 24.8 Å². The fourth-order valence-electron chi connectivity index (χ4n) is 4.02. The summed E-state index contributed by atoms with van der Waals surface area (Å²) in [7, 11) is 0. The van der Waals surface area contributed by atoms with Crippen molar-refractivity contribution in [2.24, 2.45) is 0 Å². The number of hydrogen-bond donors (Lipinski definition) is 3. The van der Waals surface area contributed by atoms with Crippen LogP contribution in [0.2, 0.25) is 5.02 Å². The summed E-state index contributed by atoms with van der Waals surface area (Å²) >= 11 is 6.68. The van der Waals surface area contributed by atoms with E-state index in [1.165, 1.54) is 0 Å². The molecule has 3 heterocycles. The van der Waals surface area contributed by atoms with Gasteiger partial charge in [0.15, 0.2) is 0 Å². The van der Waals surface area contributed by atoms with Crippen molar-refractivity contribution < 1.29 is 0 Å². The highest BCUT2D eigenvalue weighted by molar-refractivity contribution is 6.35. The normalized spacial score (nSPS) is 12.6. The first-order valence-corrected chi connectivity index (χ1v) is 11.4. The van der Waals surface area contributed by atoms with Gasteiger partial charge in [0.25, 0.3) is 0 Å². The SMILES string of the molecule is CC(Nc1c(C#N)cnc2c(Cl)cc(NC(c3cccnc3)c3cn[nH]n3)cc12)c1ccccc1. The van der Waals surface area contributed by atoms with Gasteiger partial charge in [0, 0.05) is 35.7 Å². The number of halogens is 1. The third-order valence-corrected chi connectivity index (χ3v) is 6.05. The van der Waals surface area contributed by atoms with Gasteiger partial charge in [-0.1, -0.05) is 48.0 Å². The second-order valence-electron chi connectivity index (χ2n) is 8.05. The van der Waals surface area contributed by atoms with Crippen molar-refractivity contribution in [2.75, 3.05) is 10.6 Å². The molecule has 2 unspecified atom stereocenters. The van der Waals surface area contributed by atoms with Crippen molar-refractivity contribution >= 4 is 33.9 Å². The molecule has 0 aliphatic heterocycles. The summed E-state index contributed by atoms with van der Waals surface area (Å²) in [6.07, 6.45) is 6.71. The van der Waals surface area contributed by atoms with Gasteiger partial charge in [0.2, 0.25) is 0 Å². The lowest BCUT2D eigenvalue weighted by atomic mass is 10.0. The van der Waals surface area contributed by atoms with Gasteiger partial charge in [-0.15, -0.1) is 0 Å². The fraction of sp³-hybridized carbons (Fsp3) is 0.115. The molecule has 0 bridgehead atoms. The molecule has 2 aromatic carbocycles. The lowest BCUT2D eigenvalue weighted by molar-refractivity contribution is 0.847. The average molecular weight is 481 g/mol. The summed E-state index contributed by atoms with van der Waals surface area (Å²) in [5.41, 5.74) is 5.19. The van der Waals surface area contributed by atoms with Gasteiger partial charge in [-0.2, -0.15) is 20.7 Å². The maximum atomic E-state index is 9.81. The first-order chi connectivity index (χ1) is 17.1. The lowest BCUT2D eigenvalue weighted by Crippen LogP contribution is -2.13. The van der Waals surface area contributed by atoms with E-state index in [4.69, 9.17) is 11.6 Å². The molecule has 0 amide bonds. The minimum Gasteiger partial charge on any atom is -0.377 e. The van der Waals surface area contributed by atoms with Crippen LogP contribution in [0.15, 0.2) is 79.4 Å². The summed E-state index contributed by atoms with van der Waals surface area (Å²) in [6.45, 7) is 2.05. The van der Waals surface area contributed by atoms with E-state index in [0.717, 1.165) is 22.2 Å². The molecule has 0 radical (unpaired) electrons. The Labute approximate surface area is 207 Å². The predicted octanol–water partition coefficient (Wildman–Crippen LogP) is 5.65. The third-order valence-electron chi connectivity index (χ3n) is 5.76. The molecule has 0 spiro atoms. The Bertz CT molecular complexity index is 1480. The number of hydrogen-bond acceptors (Lipinski definition) is 7. The maximum absolute atomic E-state index is 9.81. The lowest BCUT2D eigenvalue weighted by Gasteiger charge is -2.21. The Morgan fingerprint density at radius 1 is 1.00 bits per heavy atom. The maximum Gasteiger partial charge on any atom is 0.109 e. The highest BCUT2D eigenvalue weighted by Crippen LogP contribution is 2.36. The molecule has 5 aromatic rings. The number of anilines is 2. The molecule has 0 aliphatic carbocycles. The molecular weight excluding hydrogens is 460 g/mol. The van der Waals surface area contributed by atoms with Crippen LogP contribution in [0.3, 0.4) is 0 Å². The van der Waals surface area contributed by atoms with Crippen LogP contribution in [0.4, 0.5) is 11.4 Å². The Balaban J connectivity index is 1.58. The molecule has 0 fully saturated rings. The van der Waals surface area contributed by atoms with Crippen LogP contribution in [-0.2, 0) is 0 Å². The van der Waals surface area contributed by atoms with Crippen molar-refractivity contribution in [2.45, 2.75) is 19.0 Å². The summed E-state index contributed by atoms with van der Waals surface area (Å²) in [6, 6.07) is 19.5. The van der Waals surface area contributed by atoms with E-state index >= 15 is 0 Å². The zero-order valence-corrected chi connectivity index (χ0v) is 19.5. The molecule has 3 aromatic heterocycles. The smallest absolute Gasteiger partial charge is 0.109 e. The summed E-state index contributed by atoms with van der Waals surface area (Å²) in [5, 5.41) is 28.9. The molecule has 8 nitrogen and oxygen atoms in total. The van der Waals surface area contributed by atoms with Crippen LogP contribution in [0.1, 0.15) is 41.4 Å². The van der Waals surface area contributed by atoms with Crippen LogP contribution in [0.25, 0.3) is 10.9 Å². The highest BCUT2D eigenvalue weighted by atomic mass is 35.5. The van der Waals surface area contributed by atoms with Crippen molar-refractivity contribution in [1.82, 2.24) is 25.4 Å². The third kappa shape index (κ3) is 4.63. The van der Waals surface area contributed by atoms with Gasteiger partial charge in [-0.05, 0) is 36.2 Å². The van der Waals surface area contributed by atoms with Crippen LogP contribution in [0, 0.1) is 11.3 Å². The predicted molar refractivity (Wildman–Crippen MR) is 136 cm³/mol. The summed E-state index contributed by atoms with van der Waals surface area (Å²) < 4.78 is 0. The molecule has 0 saturated heterocycles. The largest absolute Gasteiger partial charge is 0.377 e. The Morgan fingerprint density at radius 2 is 1.83 bits per heavy atom. The standard InChI is InChI=1S/C26H21ClN8/c1-16(17-6-3-2-4-7-17)32-24-19(12-28)14-30-26-21(24)10-20(11-22(26)27)33-25(23-15-31-35-34-23)18-8-5-9-29-13-18/h2-11,13-16,25,33H,1H3,(H,30,32)(H,31,34,35). The van der Waals surface area contributed by atoms with E-state index in [9.17, 15) is 5.26 Å². The Morgan fingerprint density at radius 3 is 2.54 bits per heavy atom. The Hall–Kier alpha value is -4.48. The van der Waals surface area contributed by atoms with E-state index in [2.05, 4.69) is 49.0 Å². The number of rotatable bonds is 7. The number of H-pyrrole nitrogens is 1. The second-order valence-corrected chi connectivity index (χ2v) is 8.46. The number of aromatic nitrogens is 5.